The van der Waals surface area contributed by atoms with Gasteiger partial charge in [0.1, 0.15) is 5.82 Å². The third kappa shape index (κ3) is 3.57. The number of hydrogen-bond acceptors (Lipinski definition) is 2. The Morgan fingerprint density at radius 2 is 2.25 bits per heavy atom. The number of nitrogens with zero attached hydrogens (tertiary/aromatic N) is 1. The molecule has 0 bridgehead atoms. The highest BCUT2D eigenvalue weighted by Gasteiger charge is 2.12. The van der Waals surface area contributed by atoms with E-state index in [0.717, 1.165) is 23.4 Å². The summed E-state index contributed by atoms with van der Waals surface area (Å²) < 4.78 is 0. The summed E-state index contributed by atoms with van der Waals surface area (Å²) in [4.78, 5) is 19.2. The Morgan fingerprint density at radius 1 is 1.45 bits per heavy atom. The van der Waals surface area contributed by atoms with Gasteiger partial charge >= 0.3 is 0 Å². The highest BCUT2D eigenvalue weighted by Crippen LogP contribution is 2.12. The molecule has 0 saturated carbocycles. The van der Waals surface area contributed by atoms with Crippen LogP contribution in [0, 0.1) is 6.92 Å². The predicted octanol–water partition coefficient (Wildman–Crippen LogP) is 3.00. The van der Waals surface area contributed by atoms with Crippen LogP contribution in [-0.4, -0.2) is 15.9 Å². The largest absolute Gasteiger partial charge is 0.347 e. The lowest BCUT2D eigenvalue weighted by molar-refractivity contribution is -0.117. The molecule has 1 aromatic carbocycles. The van der Waals surface area contributed by atoms with E-state index in [1.165, 1.54) is 0 Å². The van der Waals surface area contributed by atoms with Crippen molar-refractivity contribution in [1.29, 1.82) is 0 Å². The Kier molecular flexibility index (Phi) is 4.71. The Labute approximate surface area is 118 Å². The summed E-state index contributed by atoms with van der Waals surface area (Å²) in [6.45, 7) is 4.04. The number of imidazole rings is 1. The summed E-state index contributed by atoms with van der Waals surface area (Å²) in [7, 11) is 0. The molecule has 0 saturated heterocycles. The number of H-pyrrole nitrogens is 1. The number of benzene rings is 1. The van der Waals surface area contributed by atoms with Crippen molar-refractivity contribution in [1.82, 2.24) is 15.3 Å². The van der Waals surface area contributed by atoms with E-state index in [0.29, 0.717) is 0 Å². The Morgan fingerprint density at radius 3 is 2.90 bits per heavy atom. The molecule has 0 spiro atoms. The molecule has 2 N–H and O–H groups in total. The van der Waals surface area contributed by atoms with Gasteiger partial charge in [0, 0.05) is 18.5 Å². The number of hydrogen-bond donors (Lipinski definition) is 2. The summed E-state index contributed by atoms with van der Waals surface area (Å²) in [5, 5.41) is 2.94. The number of nitrogens with one attached hydrogen (secondary N) is 2. The molecule has 1 aromatic heterocycles. The third-order valence-corrected chi connectivity index (χ3v) is 3.18. The summed E-state index contributed by atoms with van der Waals surface area (Å²) in [6.07, 6.45) is 7.63. The molecule has 1 amide bonds. The summed E-state index contributed by atoms with van der Waals surface area (Å²) in [5.74, 6) is 0.668. The van der Waals surface area contributed by atoms with Crippen LogP contribution >= 0.6 is 0 Å². The van der Waals surface area contributed by atoms with Gasteiger partial charge in [0.2, 0.25) is 5.91 Å². The normalized spacial score (nSPS) is 12.5. The zero-order valence-electron chi connectivity index (χ0n) is 11.8. The predicted molar refractivity (Wildman–Crippen MR) is 80.0 cm³/mol. The number of aryl methyl sites for hydroxylation is 1. The van der Waals surface area contributed by atoms with Crippen LogP contribution in [0.4, 0.5) is 0 Å². The minimum absolute atomic E-state index is 0.0842. The Balaban J connectivity index is 2.00. The van der Waals surface area contributed by atoms with Gasteiger partial charge in [0.05, 0.1) is 6.04 Å². The molecule has 0 radical (unpaired) electrons. The summed E-state index contributed by atoms with van der Waals surface area (Å²) in [6, 6.07) is 7.87. The standard InChI is InChI=1S/C16H19N3O/c1-3-14(16-17-10-11-18-16)19-15(20)9-8-13-7-5-4-6-12(13)2/h4-11,14H,3H2,1-2H3,(H,17,18)(H,19,20)/b9-8+. The van der Waals surface area contributed by atoms with Gasteiger partial charge in [-0.1, -0.05) is 31.2 Å². The van der Waals surface area contributed by atoms with Gasteiger partial charge in [0.25, 0.3) is 0 Å². The number of rotatable bonds is 5. The second kappa shape index (κ2) is 6.70. The van der Waals surface area contributed by atoms with Gasteiger partial charge in [-0.3, -0.25) is 4.79 Å². The lowest BCUT2D eigenvalue weighted by Crippen LogP contribution is -2.27. The van der Waals surface area contributed by atoms with Crippen LogP contribution in [0.5, 0.6) is 0 Å². The quantitative estimate of drug-likeness (QED) is 0.820. The third-order valence-electron chi connectivity index (χ3n) is 3.18. The van der Waals surface area contributed by atoms with Gasteiger partial charge in [-0.2, -0.15) is 0 Å². The molecule has 1 atom stereocenters. The smallest absolute Gasteiger partial charge is 0.244 e. The molecule has 0 aliphatic carbocycles. The molecule has 1 unspecified atom stereocenters. The van der Waals surface area contributed by atoms with Crippen molar-refractivity contribution in [3.8, 4) is 0 Å². The molecule has 104 valence electrons. The Hall–Kier alpha value is -2.36. The highest BCUT2D eigenvalue weighted by atomic mass is 16.1. The molecule has 1 heterocycles. The fraction of sp³-hybridized carbons (Fsp3) is 0.250. The average Bonchev–Trinajstić information content (AvgIpc) is 2.98. The second-order valence-corrected chi connectivity index (χ2v) is 4.63. The molecule has 2 aromatic rings. The van der Waals surface area contributed by atoms with Crippen molar-refractivity contribution in [3.05, 3.63) is 59.7 Å². The van der Waals surface area contributed by atoms with Gasteiger partial charge in [-0.25, -0.2) is 4.98 Å². The van der Waals surface area contributed by atoms with Crippen molar-refractivity contribution in [2.75, 3.05) is 0 Å². The van der Waals surface area contributed by atoms with E-state index >= 15 is 0 Å². The number of aromatic amines is 1. The number of carbonyl (C=O) groups is 1. The fourth-order valence-corrected chi connectivity index (χ4v) is 1.99. The van der Waals surface area contributed by atoms with Crippen molar-refractivity contribution in [3.63, 3.8) is 0 Å². The molecule has 4 heteroatoms. The van der Waals surface area contributed by atoms with E-state index in [1.807, 2.05) is 44.2 Å². The highest BCUT2D eigenvalue weighted by molar-refractivity contribution is 5.92. The van der Waals surface area contributed by atoms with E-state index < -0.39 is 0 Å². The minimum atomic E-state index is -0.114. The first-order valence-corrected chi connectivity index (χ1v) is 6.74. The lowest BCUT2D eigenvalue weighted by atomic mass is 10.1. The van der Waals surface area contributed by atoms with Crippen molar-refractivity contribution in [2.24, 2.45) is 0 Å². The summed E-state index contributed by atoms with van der Waals surface area (Å²) in [5.41, 5.74) is 2.20. The van der Waals surface area contributed by atoms with Crippen LogP contribution in [-0.2, 0) is 4.79 Å². The van der Waals surface area contributed by atoms with Crippen LogP contribution in [0.1, 0.15) is 36.3 Å². The fourth-order valence-electron chi connectivity index (χ4n) is 1.99. The number of amides is 1. The molecule has 4 nitrogen and oxygen atoms in total. The second-order valence-electron chi connectivity index (χ2n) is 4.63. The Bertz CT molecular complexity index is 588. The van der Waals surface area contributed by atoms with Crippen LogP contribution in [0.3, 0.4) is 0 Å². The van der Waals surface area contributed by atoms with E-state index in [1.54, 1.807) is 18.5 Å². The lowest BCUT2D eigenvalue weighted by Gasteiger charge is -2.12. The van der Waals surface area contributed by atoms with E-state index in [-0.39, 0.29) is 11.9 Å². The van der Waals surface area contributed by atoms with Crippen molar-refractivity contribution in [2.45, 2.75) is 26.3 Å². The minimum Gasteiger partial charge on any atom is -0.347 e. The zero-order chi connectivity index (χ0) is 14.4. The monoisotopic (exact) mass is 269 g/mol. The maximum Gasteiger partial charge on any atom is 0.244 e. The maximum absolute atomic E-state index is 12.0. The van der Waals surface area contributed by atoms with Gasteiger partial charge in [0.15, 0.2) is 0 Å². The van der Waals surface area contributed by atoms with Gasteiger partial charge in [-0.15, -0.1) is 0 Å². The van der Waals surface area contributed by atoms with E-state index in [2.05, 4.69) is 15.3 Å². The average molecular weight is 269 g/mol. The number of carbonyl (C=O) groups excluding carboxylic acids is 1. The molecule has 0 aliphatic rings. The van der Waals surface area contributed by atoms with Crippen LogP contribution in [0.15, 0.2) is 42.7 Å². The van der Waals surface area contributed by atoms with Crippen LogP contribution in [0.25, 0.3) is 6.08 Å². The first-order chi connectivity index (χ1) is 9.70. The molecule has 0 aliphatic heterocycles. The molecular weight excluding hydrogens is 250 g/mol. The van der Waals surface area contributed by atoms with Crippen LogP contribution < -0.4 is 5.32 Å². The SMILES string of the molecule is CCC(NC(=O)/C=C/c1ccccc1C)c1ncc[nH]1. The molecule has 0 fully saturated rings. The first-order valence-electron chi connectivity index (χ1n) is 6.74. The van der Waals surface area contributed by atoms with Crippen molar-refractivity contribution >= 4 is 12.0 Å². The maximum atomic E-state index is 12.0. The van der Waals surface area contributed by atoms with Gasteiger partial charge in [-0.05, 0) is 30.5 Å². The van der Waals surface area contributed by atoms with Crippen LogP contribution in [0.2, 0.25) is 0 Å². The van der Waals surface area contributed by atoms with E-state index in [4.69, 9.17) is 0 Å². The first kappa shape index (κ1) is 14.1. The topological polar surface area (TPSA) is 57.8 Å². The zero-order valence-corrected chi connectivity index (χ0v) is 11.8. The number of aromatic nitrogens is 2. The molecule has 2 rings (SSSR count). The molecule has 20 heavy (non-hydrogen) atoms. The molecular formula is C16H19N3O. The summed E-state index contributed by atoms with van der Waals surface area (Å²) >= 11 is 0. The van der Waals surface area contributed by atoms with Gasteiger partial charge < -0.3 is 10.3 Å². The van der Waals surface area contributed by atoms with E-state index in [9.17, 15) is 4.79 Å². The van der Waals surface area contributed by atoms with Crippen molar-refractivity contribution < 1.29 is 4.79 Å².